The molecule has 0 amide bonds. The van der Waals surface area contributed by atoms with Crippen molar-refractivity contribution in [3.05, 3.63) is 0 Å². The molecule has 0 saturated heterocycles. The summed E-state index contributed by atoms with van der Waals surface area (Å²) in [6, 6.07) is 0.663. The smallest absolute Gasteiger partial charge is 0.195 e. The number of hydrogen-bond acceptors (Lipinski definition) is 1. The fourth-order valence-electron chi connectivity index (χ4n) is 0.446. The third-order valence-electron chi connectivity index (χ3n) is 2.54. The highest BCUT2D eigenvalue weighted by Gasteiger charge is 2.34. The van der Waals surface area contributed by atoms with Crippen LogP contribution in [0.3, 0.4) is 0 Å². The molecule has 0 saturated carbocycles. The summed E-state index contributed by atoms with van der Waals surface area (Å²) in [4.78, 5) is 10.2. The first-order valence-electron chi connectivity index (χ1n) is 3.66. The number of hydrogen-bond donors (Lipinski definition) is 0. The Morgan fingerprint density at radius 3 is 1.80 bits per heavy atom. The average molecular weight is 157 g/mol. The highest BCUT2D eigenvalue weighted by atomic mass is 28.3. The van der Waals surface area contributed by atoms with E-state index in [2.05, 4.69) is 33.9 Å². The van der Waals surface area contributed by atoms with Crippen LogP contribution in [-0.2, 0) is 4.79 Å². The number of rotatable bonds is 2. The maximum absolute atomic E-state index is 10.2. The lowest BCUT2D eigenvalue weighted by atomic mass is 10.2. The molecule has 0 aromatic carbocycles. The van der Waals surface area contributed by atoms with Gasteiger partial charge in [0.25, 0.3) is 0 Å². The first kappa shape index (κ1) is 9.89. The topological polar surface area (TPSA) is 17.1 Å². The molecule has 0 heterocycles. The van der Waals surface area contributed by atoms with Gasteiger partial charge in [0.1, 0.15) is 0 Å². The van der Waals surface area contributed by atoms with E-state index in [4.69, 9.17) is 0 Å². The molecule has 0 aromatic heterocycles. The normalized spacial score (nSPS) is 13.3. The average Bonchev–Trinajstić information content (AvgIpc) is 1.61. The van der Waals surface area contributed by atoms with Crippen molar-refractivity contribution in [3.63, 3.8) is 0 Å². The lowest BCUT2D eigenvalue weighted by molar-refractivity contribution is 0.558. The van der Waals surface area contributed by atoms with Gasteiger partial charge >= 0.3 is 0 Å². The minimum absolute atomic E-state index is 0.324. The van der Waals surface area contributed by atoms with E-state index >= 15 is 0 Å². The second-order valence-corrected chi connectivity index (χ2v) is 10.1. The van der Waals surface area contributed by atoms with Crippen LogP contribution < -0.4 is 0 Å². The Morgan fingerprint density at radius 1 is 1.30 bits per heavy atom. The van der Waals surface area contributed by atoms with Gasteiger partial charge in [-0.05, 0) is 5.04 Å². The highest BCUT2D eigenvalue weighted by molar-refractivity contribution is 6.82. The summed E-state index contributed by atoms with van der Waals surface area (Å²) < 4.78 is 0. The predicted molar refractivity (Wildman–Crippen MR) is 47.7 cm³/mol. The van der Waals surface area contributed by atoms with Crippen molar-refractivity contribution < 1.29 is 4.79 Å². The van der Waals surface area contributed by atoms with E-state index in [1.165, 1.54) is 0 Å². The van der Waals surface area contributed by atoms with Crippen LogP contribution in [0.1, 0.15) is 20.8 Å². The molecule has 10 heavy (non-hydrogen) atoms. The Labute approximate surface area is 64.8 Å². The van der Waals surface area contributed by atoms with Crippen LogP contribution in [0.15, 0.2) is 0 Å². The van der Waals surface area contributed by atoms with Gasteiger partial charge in [0, 0.05) is 6.04 Å². The van der Waals surface area contributed by atoms with Crippen LogP contribution in [0.25, 0.3) is 0 Å². The zero-order valence-corrected chi connectivity index (χ0v) is 8.62. The van der Waals surface area contributed by atoms with Crippen LogP contribution in [-0.4, -0.2) is 14.4 Å². The van der Waals surface area contributed by atoms with Crippen molar-refractivity contribution in [2.75, 3.05) is 0 Å². The Balaban J connectivity index is 4.23. The maximum atomic E-state index is 10.2. The molecule has 0 rings (SSSR count). The summed E-state index contributed by atoms with van der Waals surface area (Å²) in [6.45, 7) is 11.1. The van der Waals surface area contributed by atoms with Gasteiger partial charge in [0.15, 0.2) is 6.29 Å². The van der Waals surface area contributed by atoms with E-state index in [9.17, 15) is 4.79 Å². The van der Waals surface area contributed by atoms with Gasteiger partial charge in [0.05, 0.1) is 8.07 Å². The largest absolute Gasteiger partial charge is 0.291 e. The molecule has 0 fully saturated rings. The lowest BCUT2D eigenvalue weighted by Crippen LogP contribution is -2.36. The van der Waals surface area contributed by atoms with Gasteiger partial charge in [-0.1, -0.05) is 33.9 Å². The molecular weight excluding hydrogens is 140 g/mol. The summed E-state index contributed by atoms with van der Waals surface area (Å²) in [5, 5.41) is 0.324. The zero-order valence-electron chi connectivity index (χ0n) is 7.62. The van der Waals surface area contributed by atoms with Crippen LogP contribution in [0.4, 0.5) is 0 Å². The molecular formula is C8H17OSi. The second kappa shape index (κ2) is 2.87. The first-order chi connectivity index (χ1) is 4.31. The molecule has 0 atom stereocenters. The molecule has 0 aromatic rings. The van der Waals surface area contributed by atoms with Crippen molar-refractivity contribution in [2.24, 2.45) is 0 Å². The van der Waals surface area contributed by atoms with Gasteiger partial charge in [0.2, 0.25) is 0 Å². The minimum atomic E-state index is -1.33. The summed E-state index contributed by atoms with van der Waals surface area (Å²) in [5.74, 6) is 0. The molecule has 0 aliphatic heterocycles. The maximum Gasteiger partial charge on any atom is 0.195 e. The second-order valence-electron chi connectivity index (χ2n) is 4.45. The Bertz CT molecular complexity index is 122. The van der Waals surface area contributed by atoms with Crippen molar-refractivity contribution in [2.45, 2.75) is 44.9 Å². The van der Waals surface area contributed by atoms with Gasteiger partial charge in [-0.2, -0.15) is 0 Å². The standard InChI is InChI=1S/C8H17OSi/c1-8(2,3)10(4,5)7-6-9/h7H2,1-5H3. The summed E-state index contributed by atoms with van der Waals surface area (Å²) in [7, 11) is -1.33. The minimum Gasteiger partial charge on any atom is -0.291 e. The first-order valence-corrected chi connectivity index (χ1v) is 6.87. The van der Waals surface area contributed by atoms with Crippen molar-refractivity contribution in [3.8, 4) is 0 Å². The van der Waals surface area contributed by atoms with E-state index < -0.39 is 8.07 Å². The molecule has 2 heteroatoms. The van der Waals surface area contributed by atoms with Crippen LogP contribution in [0.5, 0.6) is 0 Å². The highest BCUT2D eigenvalue weighted by Crippen LogP contribution is 2.37. The molecule has 1 nitrogen and oxygen atoms in total. The van der Waals surface area contributed by atoms with Crippen LogP contribution in [0.2, 0.25) is 24.2 Å². The molecule has 0 aliphatic rings. The van der Waals surface area contributed by atoms with Crippen molar-refractivity contribution >= 4 is 14.4 Å². The van der Waals surface area contributed by atoms with E-state index in [1.54, 1.807) is 0 Å². The van der Waals surface area contributed by atoms with Crippen molar-refractivity contribution in [1.29, 1.82) is 0 Å². The molecule has 0 unspecified atom stereocenters. The quantitative estimate of drug-likeness (QED) is 0.563. The molecule has 0 spiro atoms. The zero-order chi connectivity index (χ0) is 8.41. The van der Waals surface area contributed by atoms with Crippen molar-refractivity contribution in [1.82, 2.24) is 0 Å². The monoisotopic (exact) mass is 157 g/mol. The lowest BCUT2D eigenvalue weighted by Gasteiger charge is -2.35. The summed E-state index contributed by atoms with van der Waals surface area (Å²) in [5.41, 5.74) is 0. The van der Waals surface area contributed by atoms with Crippen LogP contribution in [0, 0.1) is 0 Å². The predicted octanol–water partition coefficient (Wildman–Crippen LogP) is 2.60. The fourth-order valence-corrected chi connectivity index (χ4v) is 1.34. The van der Waals surface area contributed by atoms with Crippen LogP contribution >= 0.6 is 0 Å². The molecule has 1 radical (unpaired) electrons. The third kappa shape index (κ3) is 2.25. The molecule has 0 aliphatic carbocycles. The molecule has 0 N–H and O–H groups in total. The van der Waals surface area contributed by atoms with E-state index in [1.807, 2.05) is 6.29 Å². The Morgan fingerprint density at radius 2 is 1.70 bits per heavy atom. The summed E-state index contributed by atoms with van der Waals surface area (Å²) in [6.07, 6.45) is 2.03. The van der Waals surface area contributed by atoms with Gasteiger partial charge < -0.3 is 0 Å². The van der Waals surface area contributed by atoms with E-state index in [0.29, 0.717) is 11.1 Å². The Hall–Kier alpha value is -0.113. The van der Waals surface area contributed by atoms with E-state index in [0.717, 1.165) is 0 Å². The number of carbonyl (C=O) groups excluding carboxylic acids is 1. The summed E-state index contributed by atoms with van der Waals surface area (Å²) >= 11 is 0. The van der Waals surface area contributed by atoms with Gasteiger partial charge in [-0.25, -0.2) is 0 Å². The van der Waals surface area contributed by atoms with Gasteiger partial charge in [-0.3, -0.25) is 4.79 Å². The SMILES string of the molecule is CC(C)(C)[Si](C)(C)C[C]=O. The third-order valence-corrected chi connectivity index (χ3v) is 7.63. The fraction of sp³-hybridized carbons (Fsp3) is 0.875. The molecule has 0 bridgehead atoms. The van der Waals surface area contributed by atoms with Gasteiger partial charge in [-0.15, -0.1) is 0 Å². The Kier molecular flexibility index (Phi) is 2.83. The van der Waals surface area contributed by atoms with E-state index in [-0.39, 0.29) is 0 Å². The molecule has 59 valence electrons.